The lowest BCUT2D eigenvalue weighted by Crippen LogP contribution is -2.48. The van der Waals surface area contributed by atoms with Crippen LogP contribution in [-0.2, 0) is 21.2 Å². The Morgan fingerprint density at radius 1 is 1.16 bits per heavy atom. The van der Waals surface area contributed by atoms with Gasteiger partial charge in [-0.3, -0.25) is 9.69 Å². The van der Waals surface area contributed by atoms with Crippen LogP contribution in [0.5, 0.6) is 0 Å². The second-order valence-corrected chi connectivity index (χ2v) is 9.86. The van der Waals surface area contributed by atoms with Crippen molar-refractivity contribution in [2.24, 2.45) is 5.92 Å². The molecule has 0 N–H and O–H groups in total. The number of rotatable bonds is 4. The molecule has 138 valence electrons. The molecule has 5 nitrogen and oxygen atoms in total. The Labute approximate surface area is 158 Å². The third-order valence-electron chi connectivity index (χ3n) is 4.94. The molecule has 2 saturated heterocycles. The van der Waals surface area contributed by atoms with Crippen LogP contribution in [0.25, 0.3) is 0 Å². The highest BCUT2D eigenvalue weighted by Crippen LogP contribution is 2.27. The maximum Gasteiger partial charge on any atom is 0.222 e. The number of piperazine rings is 1. The van der Waals surface area contributed by atoms with Crippen molar-refractivity contribution in [3.05, 3.63) is 33.8 Å². The molecular weight excluding hydrogens is 383 g/mol. The lowest BCUT2D eigenvalue weighted by atomic mass is 10.0. The van der Waals surface area contributed by atoms with Gasteiger partial charge in [0.2, 0.25) is 5.91 Å². The van der Waals surface area contributed by atoms with Gasteiger partial charge in [-0.1, -0.05) is 35.3 Å². The molecule has 2 fully saturated rings. The first kappa shape index (κ1) is 19.0. The predicted molar refractivity (Wildman–Crippen MR) is 99.7 cm³/mol. The van der Waals surface area contributed by atoms with Crippen LogP contribution in [0.3, 0.4) is 0 Å². The summed E-state index contributed by atoms with van der Waals surface area (Å²) in [5, 5.41) is 1.14. The SMILES string of the molecule is O=C(CC1CCS(=O)(=O)C1)N1CCN(Cc2cccc(Cl)c2Cl)CC1. The number of carbonyl (C=O) groups excluding carboxylic acids is 1. The molecule has 3 rings (SSSR count). The Morgan fingerprint density at radius 3 is 2.52 bits per heavy atom. The van der Waals surface area contributed by atoms with Crippen LogP contribution < -0.4 is 0 Å². The van der Waals surface area contributed by atoms with Crippen LogP contribution in [0.15, 0.2) is 18.2 Å². The topological polar surface area (TPSA) is 57.7 Å². The summed E-state index contributed by atoms with van der Waals surface area (Å²) in [5.74, 6) is 0.439. The molecule has 25 heavy (non-hydrogen) atoms. The molecule has 2 aliphatic rings. The Balaban J connectivity index is 1.48. The molecule has 1 aromatic carbocycles. The van der Waals surface area contributed by atoms with Gasteiger partial charge in [0, 0.05) is 39.1 Å². The maximum absolute atomic E-state index is 12.4. The smallest absolute Gasteiger partial charge is 0.222 e. The normalized spacial score (nSPS) is 23.8. The van der Waals surface area contributed by atoms with Crippen LogP contribution in [0.4, 0.5) is 0 Å². The van der Waals surface area contributed by atoms with Gasteiger partial charge in [-0.05, 0) is 24.0 Å². The fourth-order valence-corrected chi connectivity index (χ4v) is 5.72. The average Bonchev–Trinajstić information content (AvgIpc) is 2.91. The second kappa shape index (κ2) is 7.82. The van der Waals surface area contributed by atoms with Gasteiger partial charge in [0.25, 0.3) is 0 Å². The molecule has 1 unspecified atom stereocenters. The fraction of sp³-hybridized carbons (Fsp3) is 0.588. The zero-order chi connectivity index (χ0) is 18.0. The zero-order valence-electron chi connectivity index (χ0n) is 14.0. The highest BCUT2D eigenvalue weighted by molar-refractivity contribution is 7.91. The van der Waals surface area contributed by atoms with Crippen LogP contribution in [0.1, 0.15) is 18.4 Å². The van der Waals surface area contributed by atoms with Crippen LogP contribution in [-0.4, -0.2) is 61.8 Å². The van der Waals surface area contributed by atoms with Crippen molar-refractivity contribution in [3.8, 4) is 0 Å². The van der Waals surface area contributed by atoms with Gasteiger partial charge in [-0.15, -0.1) is 0 Å². The summed E-state index contributed by atoms with van der Waals surface area (Å²) < 4.78 is 23.0. The van der Waals surface area contributed by atoms with Crippen molar-refractivity contribution in [1.29, 1.82) is 0 Å². The largest absolute Gasteiger partial charge is 0.340 e. The summed E-state index contributed by atoms with van der Waals surface area (Å²) in [4.78, 5) is 16.5. The minimum atomic E-state index is -2.93. The average molecular weight is 405 g/mol. The van der Waals surface area contributed by atoms with Crippen molar-refractivity contribution in [1.82, 2.24) is 9.80 Å². The third kappa shape index (κ3) is 4.88. The molecule has 1 atom stereocenters. The minimum absolute atomic E-state index is 0.0132. The van der Waals surface area contributed by atoms with Gasteiger partial charge >= 0.3 is 0 Å². The van der Waals surface area contributed by atoms with E-state index >= 15 is 0 Å². The summed E-state index contributed by atoms with van der Waals surface area (Å²) in [6.07, 6.45) is 0.959. The lowest BCUT2D eigenvalue weighted by Gasteiger charge is -2.35. The van der Waals surface area contributed by atoms with Crippen LogP contribution in [0, 0.1) is 5.92 Å². The van der Waals surface area contributed by atoms with Gasteiger partial charge in [-0.25, -0.2) is 8.42 Å². The van der Waals surface area contributed by atoms with E-state index in [0.29, 0.717) is 42.5 Å². The highest BCUT2D eigenvalue weighted by atomic mass is 35.5. The molecular formula is C17H22Cl2N2O3S. The summed E-state index contributed by atoms with van der Waals surface area (Å²) in [7, 11) is -2.93. The molecule has 0 bridgehead atoms. The van der Waals surface area contributed by atoms with E-state index in [1.165, 1.54) is 0 Å². The van der Waals surface area contributed by atoms with Crippen molar-refractivity contribution < 1.29 is 13.2 Å². The third-order valence-corrected chi connectivity index (χ3v) is 7.64. The van der Waals surface area contributed by atoms with Gasteiger partial charge in [0.15, 0.2) is 9.84 Å². The van der Waals surface area contributed by atoms with Crippen molar-refractivity contribution in [3.63, 3.8) is 0 Å². The molecule has 0 aliphatic carbocycles. The number of nitrogens with zero attached hydrogens (tertiary/aromatic N) is 2. The Hall–Kier alpha value is -0.820. The van der Waals surface area contributed by atoms with E-state index in [0.717, 1.165) is 18.7 Å². The van der Waals surface area contributed by atoms with Gasteiger partial charge in [-0.2, -0.15) is 0 Å². The molecule has 1 amide bonds. The molecule has 2 aliphatic heterocycles. The minimum Gasteiger partial charge on any atom is -0.340 e. The zero-order valence-corrected chi connectivity index (χ0v) is 16.3. The summed E-state index contributed by atoms with van der Waals surface area (Å²) in [6.45, 7) is 3.59. The van der Waals surface area contributed by atoms with E-state index in [2.05, 4.69) is 4.90 Å². The Kier molecular flexibility index (Phi) is 5.93. The number of amides is 1. The van der Waals surface area contributed by atoms with Gasteiger partial charge in [0.1, 0.15) is 0 Å². The molecule has 0 aromatic heterocycles. The highest BCUT2D eigenvalue weighted by Gasteiger charge is 2.31. The summed E-state index contributed by atoms with van der Waals surface area (Å²) >= 11 is 12.3. The number of hydrogen-bond acceptors (Lipinski definition) is 4. The van der Waals surface area contributed by atoms with E-state index < -0.39 is 9.84 Å². The van der Waals surface area contributed by atoms with Gasteiger partial charge in [0.05, 0.1) is 21.6 Å². The number of carbonyl (C=O) groups is 1. The van der Waals surface area contributed by atoms with E-state index in [1.807, 2.05) is 17.0 Å². The lowest BCUT2D eigenvalue weighted by molar-refractivity contribution is -0.133. The van der Waals surface area contributed by atoms with E-state index in [9.17, 15) is 13.2 Å². The molecule has 1 aromatic rings. The maximum atomic E-state index is 12.4. The fourth-order valence-electron chi connectivity index (χ4n) is 3.48. The summed E-state index contributed by atoms with van der Waals surface area (Å²) in [6, 6.07) is 5.62. The monoisotopic (exact) mass is 404 g/mol. The molecule has 0 saturated carbocycles. The van der Waals surface area contributed by atoms with Crippen LogP contribution >= 0.6 is 23.2 Å². The molecule has 0 spiro atoms. The molecule has 8 heteroatoms. The standard InChI is InChI=1S/C17H22Cl2N2O3S/c18-15-3-1-2-14(17(15)19)11-20-5-7-21(8-6-20)16(22)10-13-4-9-25(23,24)12-13/h1-3,13H,4-12H2. The number of hydrogen-bond donors (Lipinski definition) is 0. The second-order valence-electron chi connectivity index (χ2n) is 6.84. The van der Waals surface area contributed by atoms with Crippen LogP contribution in [0.2, 0.25) is 10.0 Å². The van der Waals surface area contributed by atoms with Crippen molar-refractivity contribution in [2.75, 3.05) is 37.7 Å². The molecule has 0 radical (unpaired) electrons. The van der Waals surface area contributed by atoms with E-state index in [4.69, 9.17) is 23.2 Å². The Bertz CT molecular complexity index is 746. The first-order valence-electron chi connectivity index (χ1n) is 8.47. The van der Waals surface area contributed by atoms with Gasteiger partial charge < -0.3 is 4.90 Å². The first-order valence-corrected chi connectivity index (χ1v) is 11.1. The van der Waals surface area contributed by atoms with E-state index in [-0.39, 0.29) is 23.3 Å². The molecule has 2 heterocycles. The Morgan fingerprint density at radius 2 is 1.88 bits per heavy atom. The number of sulfone groups is 1. The van der Waals surface area contributed by atoms with Crippen molar-refractivity contribution in [2.45, 2.75) is 19.4 Å². The van der Waals surface area contributed by atoms with E-state index in [1.54, 1.807) is 6.07 Å². The quantitative estimate of drug-likeness (QED) is 0.772. The number of halogens is 2. The predicted octanol–water partition coefficient (Wildman–Crippen LogP) is 2.46. The van der Waals surface area contributed by atoms with Crippen molar-refractivity contribution >= 4 is 38.9 Å². The number of benzene rings is 1. The first-order chi connectivity index (χ1) is 11.8. The summed E-state index contributed by atoms with van der Waals surface area (Å²) in [5.41, 5.74) is 0.991.